The van der Waals surface area contributed by atoms with Crippen LogP contribution in [0.15, 0.2) is 22.6 Å². The van der Waals surface area contributed by atoms with Crippen LogP contribution in [0.5, 0.6) is 0 Å². The van der Waals surface area contributed by atoms with E-state index < -0.39 is 0 Å². The maximum Gasteiger partial charge on any atom is 0.298 e. The number of oxazole rings is 1. The third-order valence-corrected chi connectivity index (χ3v) is 7.11. The number of hydrogen-bond donors (Lipinski definition) is 2. The number of nitrogens with one attached hydrogen (secondary N) is 2. The summed E-state index contributed by atoms with van der Waals surface area (Å²) in [4.78, 5) is 22.7. The van der Waals surface area contributed by atoms with Crippen molar-refractivity contribution in [2.75, 3.05) is 25.0 Å². The van der Waals surface area contributed by atoms with E-state index in [1.165, 1.54) is 0 Å². The highest BCUT2D eigenvalue weighted by Gasteiger charge is 2.32. The van der Waals surface area contributed by atoms with Gasteiger partial charge in [-0.2, -0.15) is 4.98 Å². The lowest BCUT2D eigenvalue weighted by molar-refractivity contribution is 0.0777. The Kier molecular flexibility index (Phi) is 6.53. The Morgan fingerprint density at radius 1 is 1.19 bits per heavy atom. The van der Waals surface area contributed by atoms with Crippen molar-refractivity contribution in [2.45, 2.75) is 83.6 Å². The van der Waals surface area contributed by atoms with Crippen molar-refractivity contribution in [1.29, 1.82) is 0 Å². The van der Waals surface area contributed by atoms with Crippen LogP contribution >= 0.6 is 0 Å². The standard InChI is InChI=1S/C24H37N5O2/c1-6-8-19-12-18(11-15(2)28(19)5)26-23(30)20-9-7-10-21-22(20)27-24(31-21)29-16(3)13-25-14-17(29)4/h7,9-10,15-19,25H,6,8,11-14H2,1-5H3,(H,26,30)/t15?,16-,17-,18?,19?/m0/s1. The largest absolute Gasteiger partial charge is 0.423 e. The molecule has 0 saturated carbocycles. The van der Waals surface area contributed by atoms with Gasteiger partial charge in [0.1, 0.15) is 5.52 Å². The van der Waals surface area contributed by atoms with Crippen LogP contribution in [-0.4, -0.2) is 66.1 Å². The molecule has 1 aromatic carbocycles. The van der Waals surface area contributed by atoms with Crippen molar-refractivity contribution in [3.8, 4) is 0 Å². The number of anilines is 1. The molecule has 3 heterocycles. The monoisotopic (exact) mass is 427 g/mol. The Morgan fingerprint density at radius 3 is 2.65 bits per heavy atom. The minimum Gasteiger partial charge on any atom is -0.423 e. The van der Waals surface area contributed by atoms with Crippen molar-refractivity contribution in [3.05, 3.63) is 23.8 Å². The Balaban J connectivity index is 1.55. The molecular weight excluding hydrogens is 390 g/mol. The normalized spacial score (nSPS) is 30.0. The van der Waals surface area contributed by atoms with Crippen LogP contribution in [0, 0.1) is 0 Å². The number of para-hydroxylation sites is 1. The molecule has 0 bridgehead atoms. The van der Waals surface area contributed by atoms with Crippen LogP contribution in [0.3, 0.4) is 0 Å². The first kappa shape index (κ1) is 22.1. The van der Waals surface area contributed by atoms with Crippen molar-refractivity contribution >= 4 is 23.0 Å². The van der Waals surface area contributed by atoms with E-state index in [0.717, 1.165) is 38.8 Å². The van der Waals surface area contributed by atoms with Gasteiger partial charge in [-0.05, 0) is 59.2 Å². The fourth-order valence-corrected chi connectivity index (χ4v) is 5.30. The number of likely N-dealkylation sites (tertiary alicyclic amines) is 1. The number of nitrogens with zero attached hydrogens (tertiary/aromatic N) is 3. The Hall–Kier alpha value is -2.12. The van der Waals surface area contributed by atoms with Crippen LogP contribution in [-0.2, 0) is 0 Å². The summed E-state index contributed by atoms with van der Waals surface area (Å²) in [6.07, 6.45) is 4.29. The number of piperazine rings is 1. The number of hydrogen-bond acceptors (Lipinski definition) is 6. The number of rotatable bonds is 5. The molecular formula is C24H37N5O2. The highest BCUT2D eigenvalue weighted by atomic mass is 16.4. The molecule has 0 radical (unpaired) electrons. The molecule has 2 aromatic rings. The molecule has 170 valence electrons. The Morgan fingerprint density at radius 2 is 1.94 bits per heavy atom. The second-order valence-electron chi connectivity index (χ2n) is 9.51. The minimum absolute atomic E-state index is 0.0520. The van der Waals surface area contributed by atoms with Crippen LogP contribution < -0.4 is 15.5 Å². The van der Waals surface area contributed by atoms with E-state index in [9.17, 15) is 4.79 Å². The lowest BCUT2D eigenvalue weighted by Gasteiger charge is -2.42. The fraction of sp³-hybridized carbons (Fsp3) is 0.667. The van der Waals surface area contributed by atoms with E-state index in [0.29, 0.717) is 34.8 Å². The third-order valence-electron chi connectivity index (χ3n) is 7.11. The summed E-state index contributed by atoms with van der Waals surface area (Å²) in [5.41, 5.74) is 1.92. The second kappa shape index (κ2) is 9.17. The quantitative estimate of drug-likeness (QED) is 0.762. The number of aromatic nitrogens is 1. The van der Waals surface area contributed by atoms with Crippen LogP contribution in [0.1, 0.15) is 63.7 Å². The number of carbonyl (C=O) groups is 1. The molecule has 1 aromatic heterocycles. The Labute approximate surface area is 185 Å². The van der Waals surface area contributed by atoms with Crippen molar-refractivity contribution in [1.82, 2.24) is 20.5 Å². The zero-order valence-corrected chi connectivity index (χ0v) is 19.5. The first-order valence-corrected chi connectivity index (χ1v) is 11.8. The first-order chi connectivity index (χ1) is 14.9. The highest BCUT2D eigenvalue weighted by Crippen LogP contribution is 2.29. The van der Waals surface area contributed by atoms with E-state index >= 15 is 0 Å². The fourth-order valence-electron chi connectivity index (χ4n) is 5.30. The zero-order chi connectivity index (χ0) is 22.1. The van der Waals surface area contributed by atoms with Gasteiger partial charge in [-0.1, -0.05) is 19.4 Å². The van der Waals surface area contributed by atoms with E-state index in [1.54, 1.807) is 0 Å². The zero-order valence-electron chi connectivity index (χ0n) is 19.5. The van der Waals surface area contributed by atoms with E-state index in [1.807, 2.05) is 18.2 Å². The average Bonchev–Trinajstić information content (AvgIpc) is 3.15. The first-order valence-electron chi connectivity index (χ1n) is 11.8. The molecule has 5 atom stereocenters. The number of amides is 1. The summed E-state index contributed by atoms with van der Waals surface area (Å²) in [5.74, 6) is -0.0520. The molecule has 2 saturated heterocycles. The molecule has 7 nitrogen and oxygen atoms in total. The van der Waals surface area contributed by atoms with Crippen molar-refractivity contribution in [2.24, 2.45) is 0 Å². The lowest BCUT2D eigenvalue weighted by atomic mass is 9.90. The van der Waals surface area contributed by atoms with E-state index in [-0.39, 0.29) is 24.0 Å². The highest BCUT2D eigenvalue weighted by molar-refractivity contribution is 6.04. The SMILES string of the molecule is CCCC1CC(NC(=O)c2cccc3oc(N4[C@@H](C)CNC[C@@H]4C)nc23)CC(C)N1C. The molecule has 2 N–H and O–H groups in total. The number of benzene rings is 1. The molecule has 2 aliphatic heterocycles. The van der Waals surface area contributed by atoms with Gasteiger partial charge < -0.3 is 24.9 Å². The van der Waals surface area contributed by atoms with Gasteiger partial charge in [0.2, 0.25) is 0 Å². The third kappa shape index (κ3) is 4.44. The lowest BCUT2D eigenvalue weighted by Crippen LogP contribution is -2.55. The summed E-state index contributed by atoms with van der Waals surface area (Å²) < 4.78 is 6.11. The molecule has 0 aliphatic carbocycles. The van der Waals surface area contributed by atoms with E-state index in [2.05, 4.69) is 55.2 Å². The molecule has 7 heteroatoms. The van der Waals surface area contributed by atoms with Gasteiger partial charge in [-0.3, -0.25) is 4.79 Å². The molecule has 2 fully saturated rings. The van der Waals surface area contributed by atoms with Crippen LogP contribution in [0.2, 0.25) is 0 Å². The summed E-state index contributed by atoms with van der Waals surface area (Å²) in [6, 6.07) is 7.97. The predicted octanol–water partition coefficient (Wildman–Crippen LogP) is 3.40. The average molecular weight is 428 g/mol. The van der Waals surface area contributed by atoms with Gasteiger partial charge in [0, 0.05) is 43.3 Å². The summed E-state index contributed by atoms with van der Waals surface area (Å²) in [5, 5.41) is 6.74. The van der Waals surface area contributed by atoms with Gasteiger partial charge in [0.25, 0.3) is 11.9 Å². The van der Waals surface area contributed by atoms with Crippen LogP contribution in [0.25, 0.3) is 11.1 Å². The molecule has 4 rings (SSSR count). The van der Waals surface area contributed by atoms with Crippen LogP contribution in [0.4, 0.5) is 6.01 Å². The summed E-state index contributed by atoms with van der Waals surface area (Å²) >= 11 is 0. The molecule has 0 spiro atoms. The number of carbonyl (C=O) groups excluding carboxylic acids is 1. The maximum absolute atomic E-state index is 13.3. The Bertz CT molecular complexity index is 903. The van der Waals surface area contributed by atoms with E-state index in [4.69, 9.17) is 9.40 Å². The van der Waals surface area contributed by atoms with Gasteiger partial charge in [-0.15, -0.1) is 0 Å². The minimum atomic E-state index is -0.0520. The number of fused-ring (bicyclic) bond motifs is 1. The van der Waals surface area contributed by atoms with Crippen molar-refractivity contribution < 1.29 is 9.21 Å². The molecule has 1 amide bonds. The molecule has 3 unspecified atom stereocenters. The van der Waals surface area contributed by atoms with Gasteiger partial charge in [0.05, 0.1) is 5.56 Å². The van der Waals surface area contributed by atoms with Gasteiger partial charge in [-0.25, -0.2) is 0 Å². The second-order valence-corrected chi connectivity index (χ2v) is 9.51. The molecule has 31 heavy (non-hydrogen) atoms. The van der Waals surface area contributed by atoms with Gasteiger partial charge >= 0.3 is 0 Å². The maximum atomic E-state index is 13.3. The van der Waals surface area contributed by atoms with Crippen molar-refractivity contribution in [3.63, 3.8) is 0 Å². The number of piperidine rings is 1. The molecule has 2 aliphatic rings. The predicted molar refractivity (Wildman–Crippen MR) is 125 cm³/mol. The smallest absolute Gasteiger partial charge is 0.298 e. The van der Waals surface area contributed by atoms with Gasteiger partial charge in [0.15, 0.2) is 5.58 Å². The summed E-state index contributed by atoms with van der Waals surface area (Å²) in [6.45, 7) is 10.6. The topological polar surface area (TPSA) is 73.6 Å². The summed E-state index contributed by atoms with van der Waals surface area (Å²) in [7, 11) is 2.21.